The normalized spacial score (nSPS) is 12.1. The quantitative estimate of drug-likeness (QED) is 0.700. The molecule has 20 heavy (non-hydrogen) atoms. The first-order chi connectivity index (χ1) is 9.51. The van der Waals surface area contributed by atoms with Crippen LogP contribution in [0.4, 0.5) is 10.1 Å². The van der Waals surface area contributed by atoms with Crippen molar-refractivity contribution in [2.75, 3.05) is 12.4 Å². The van der Waals surface area contributed by atoms with Crippen LogP contribution in [0.2, 0.25) is 5.02 Å². The van der Waals surface area contributed by atoms with Gasteiger partial charge in [0.2, 0.25) is 0 Å². The van der Waals surface area contributed by atoms with Gasteiger partial charge in [0.1, 0.15) is 0 Å². The Hall–Kier alpha value is -1.01. The molecule has 0 saturated carbocycles. The zero-order valence-electron chi connectivity index (χ0n) is 11.1. The van der Waals surface area contributed by atoms with Crippen LogP contribution in [0.3, 0.4) is 0 Å². The van der Waals surface area contributed by atoms with Crippen molar-refractivity contribution in [1.82, 2.24) is 0 Å². The fourth-order valence-electron chi connectivity index (χ4n) is 1.88. The fraction of sp³-hybridized carbons (Fsp3) is 0.200. The molecule has 5 heteroatoms. The van der Waals surface area contributed by atoms with Crippen molar-refractivity contribution in [3.05, 3.63) is 56.4 Å². The number of methoxy groups -OCH3 is 1. The van der Waals surface area contributed by atoms with Crippen molar-refractivity contribution in [3.63, 3.8) is 0 Å². The second-order valence-corrected chi connectivity index (χ2v) is 5.98. The minimum absolute atomic E-state index is 0.0231. The minimum atomic E-state index is -0.357. The van der Waals surface area contributed by atoms with Crippen LogP contribution >= 0.6 is 34.2 Å². The van der Waals surface area contributed by atoms with Crippen LogP contribution in [0.1, 0.15) is 18.5 Å². The number of anilines is 1. The summed E-state index contributed by atoms with van der Waals surface area (Å²) < 4.78 is 19.7. The molecule has 0 heterocycles. The molecule has 1 atom stereocenters. The monoisotopic (exact) mass is 405 g/mol. The molecule has 0 amide bonds. The van der Waals surface area contributed by atoms with E-state index in [4.69, 9.17) is 16.3 Å². The summed E-state index contributed by atoms with van der Waals surface area (Å²) in [5.74, 6) is -0.105. The predicted molar refractivity (Wildman–Crippen MR) is 89.2 cm³/mol. The van der Waals surface area contributed by atoms with Crippen LogP contribution in [-0.4, -0.2) is 7.11 Å². The summed E-state index contributed by atoms with van der Waals surface area (Å²) in [5.41, 5.74) is 1.83. The molecule has 0 saturated heterocycles. The van der Waals surface area contributed by atoms with Crippen LogP contribution in [-0.2, 0) is 0 Å². The van der Waals surface area contributed by atoms with E-state index in [0.29, 0.717) is 5.02 Å². The van der Waals surface area contributed by atoms with E-state index < -0.39 is 0 Å². The smallest absolute Gasteiger partial charge is 0.165 e. The van der Waals surface area contributed by atoms with Gasteiger partial charge in [-0.1, -0.05) is 17.7 Å². The van der Waals surface area contributed by atoms with Crippen molar-refractivity contribution in [1.29, 1.82) is 0 Å². The van der Waals surface area contributed by atoms with E-state index in [-0.39, 0.29) is 17.6 Å². The topological polar surface area (TPSA) is 21.3 Å². The van der Waals surface area contributed by atoms with Crippen LogP contribution in [0.5, 0.6) is 5.75 Å². The second kappa shape index (κ2) is 6.63. The van der Waals surface area contributed by atoms with Crippen molar-refractivity contribution in [2.24, 2.45) is 0 Å². The average Bonchev–Trinajstić information content (AvgIpc) is 2.41. The van der Waals surface area contributed by atoms with Gasteiger partial charge in [-0.2, -0.15) is 0 Å². The lowest BCUT2D eigenvalue weighted by Crippen LogP contribution is -2.08. The molecule has 0 bridgehead atoms. The lowest BCUT2D eigenvalue weighted by Gasteiger charge is -2.17. The molecular formula is C15H14ClFINO. The van der Waals surface area contributed by atoms with Gasteiger partial charge in [0.15, 0.2) is 11.6 Å². The third-order valence-electron chi connectivity index (χ3n) is 2.98. The van der Waals surface area contributed by atoms with Gasteiger partial charge in [-0.25, -0.2) is 4.39 Å². The molecule has 106 valence electrons. The highest BCUT2D eigenvalue weighted by Crippen LogP contribution is 2.28. The highest BCUT2D eigenvalue weighted by molar-refractivity contribution is 14.1. The number of halogens is 3. The molecule has 0 aromatic heterocycles. The summed E-state index contributed by atoms with van der Waals surface area (Å²) in [7, 11) is 1.45. The molecule has 0 aliphatic heterocycles. The maximum atomic E-state index is 13.7. The van der Waals surface area contributed by atoms with Gasteiger partial charge in [0.25, 0.3) is 0 Å². The molecule has 1 unspecified atom stereocenters. The summed E-state index contributed by atoms with van der Waals surface area (Å²) in [6.45, 7) is 1.98. The Morgan fingerprint density at radius 3 is 2.60 bits per heavy atom. The Morgan fingerprint density at radius 2 is 2.00 bits per heavy atom. The molecule has 2 aromatic rings. The third kappa shape index (κ3) is 3.55. The number of rotatable bonds is 4. The van der Waals surface area contributed by atoms with Crippen LogP contribution in [0, 0.1) is 9.39 Å². The molecule has 0 spiro atoms. The Bertz CT molecular complexity index is 621. The first kappa shape index (κ1) is 15.4. The molecule has 2 aromatic carbocycles. The van der Waals surface area contributed by atoms with E-state index in [1.807, 2.05) is 31.2 Å². The lowest BCUT2D eigenvalue weighted by molar-refractivity contribution is 0.386. The van der Waals surface area contributed by atoms with Gasteiger partial charge in [-0.05, 0) is 65.4 Å². The number of benzene rings is 2. The first-order valence-electron chi connectivity index (χ1n) is 6.06. The molecule has 2 rings (SSSR count). The van der Waals surface area contributed by atoms with E-state index in [1.54, 1.807) is 6.07 Å². The Kier molecular flexibility index (Phi) is 5.10. The van der Waals surface area contributed by atoms with E-state index in [9.17, 15) is 4.39 Å². The largest absolute Gasteiger partial charge is 0.494 e. The number of hydrogen-bond acceptors (Lipinski definition) is 2. The van der Waals surface area contributed by atoms with Gasteiger partial charge in [-0.3, -0.25) is 0 Å². The Balaban J connectivity index is 2.19. The van der Waals surface area contributed by atoms with Crippen molar-refractivity contribution < 1.29 is 9.13 Å². The highest BCUT2D eigenvalue weighted by atomic mass is 127. The number of hydrogen-bond donors (Lipinski definition) is 1. The van der Waals surface area contributed by atoms with Crippen LogP contribution in [0.25, 0.3) is 0 Å². The van der Waals surface area contributed by atoms with Crippen molar-refractivity contribution in [3.8, 4) is 5.75 Å². The summed E-state index contributed by atoms with van der Waals surface area (Å²) in [5, 5.41) is 4.04. The molecule has 2 nitrogen and oxygen atoms in total. The molecule has 0 aliphatic carbocycles. The molecular weight excluding hydrogens is 392 g/mol. The summed E-state index contributed by atoms with van der Waals surface area (Å²) in [6, 6.07) is 10.6. The first-order valence-corrected chi connectivity index (χ1v) is 7.52. The maximum absolute atomic E-state index is 13.7. The molecule has 0 aliphatic rings. The molecule has 1 N–H and O–H groups in total. The molecule has 0 fully saturated rings. The average molecular weight is 406 g/mol. The molecule has 0 radical (unpaired) electrons. The zero-order chi connectivity index (χ0) is 14.7. The van der Waals surface area contributed by atoms with Crippen LogP contribution in [0.15, 0.2) is 36.4 Å². The van der Waals surface area contributed by atoms with Crippen molar-refractivity contribution in [2.45, 2.75) is 13.0 Å². The Labute approximate surface area is 136 Å². The van der Waals surface area contributed by atoms with E-state index in [0.717, 1.165) is 14.8 Å². The van der Waals surface area contributed by atoms with Gasteiger partial charge in [-0.15, -0.1) is 0 Å². The van der Waals surface area contributed by atoms with Crippen LogP contribution < -0.4 is 10.1 Å². The lowest BCUT2D eigenvalue weighted by atomic mass is 10.1. The zero-order valence-corrected chi connectivity index (χ0v) is 14.0. The second-order valence-electron chi connectivity index (χ2n) is 4.38. The highest BCUT2D eigenvalue weighted by Gasteiger charge is 2.11. The summed E-state index contributed by atoms with van der Waals surface area (Å²) >= 11 is 8.14. The third-order valence-corrected chi connectivity index (χ3v) is 4.11. The maximum Gasteiger partial charge on any atom is 0.165 e. The standard InChI is InChI=1S/C15H14ClFINO/c1-9(10-3-6-15(20-2)12(17)7-10)19-14-5-4-11(16)8-13(14)18/h3-9,19H,1-2H3. The van der Waals surface area contributed by atoms with E-state index in [1.165, 1.54) is 13.2 Å². The van der Waals surface area contributed by atoms with Gasteiger partial charge in [0.05, 0.1) is 7.11 Å². The van der Waals surface area contributed by atoms with Gasteiger partial charge < -0.3 is 10.1 Å². The van der Waals surface area contributed by atoms with Gasteiger partial charge >= 0.3 is 0 Å². The summed E-state index contributed by atoms with van der Waals surface area (Å²) in [4.78, 5) is 0. The summed E-state index contributed by atoms with van der Waals surface area (Å²) in [6.07, 6.45) is 0. The number of nitrogens with one attached hydrogen (secondary N) is 1. The fourth-order valence-corrected chi connectivity index (χ4v) is 2.90. The Morgan fingerprint density at radius 1 is 1.25 bits per heavy atom. The van der Waals surface area contributed by atoms with Gasteiger partial charge in [0, 0.05) is 20.3 Å². The minimum Gasteiger partial charge on any atom is -0.494 e. The van der Waals surface area contributed by atoms with E-state index in [2.05, 4.69) is 27.9 Å². The SMILES string of the molecule is COc1ccc(C(C)Nc2ccc(Cl)cc2I)cc1F. The predicted octanol–water partition coefficient (Wildman–Crippen LogP) is 5.27. The van der Waals surface area contributed by atoms with Crippen molar-refractivity contribution >= 4 is 39.9 Å². The number of ether oxygens (including phenoxy) is 1. The van der Waals surface area contributed by atoms with E-state index >= 15 is 0 Å².